The van der Waals surface area contributed by atoms with E-state index in [1.807, 2.05) is 30.3 Å². The molecule has 0 saturated carbocycles. The minimum absolute atomic E-state index is 0.464. The molecule has 6 nitrogen and oxygen atoms in total. The van der Waals surface area contributed by atoms with Gasteiger partial charge in [0.05, 0.1) is 6.61 Å². The van der Waals surface area contributed by atoms with Crippen LogP contribution in [-0.2, 0) is 0 Å². The monoisotopic (exact) mass is 377 g/mol. The molecule has 0 aliphatic carbocycles. The van der Waals surface area contributed by atoms with Crippen LogP contribution in [0.4, 0.5) is 28.7 Å². The standard InChI is InChI=1S/C22H27N5O/c1-4-5-12-28-18-9-7-17(8-10-18)26-21-20(23)22(25-14-24-21)27-19-11-6-15(2)13-16(19)3/h6-11,13-14H,4-5,12,23H2,1-3H3,(H2,24,25,26,27). The van der Waals surface area contributed by atoms with Crippen LogP contribution in [0.1, 0.15) is 30.9 Å². The summed E-state index contributed by atoms with van der Waals surface area (Å²) in [6, 6.07) is 13.9. The SMILES string of the molecule is CCCCOc1ccc(Nc2ncnc(Nc3ccc(C)cc3C)c2N)cc1. The molecule has 0 spiro atoms. The van der Waals surface area contributed by atoms with Crippen LogP contribution in [0.5, 0.6) is 5.75 Å². The molecule has 1 aromatic heterocycles. The lowest BCUT2D eigenvalue weighted by Gasteiger charge is -2.14. The third kappa shape index (κ3) is 4.91. The summed E-state index contributed by atoms with van der Waals surface area (Å²) >= 11 is 0. The lowest BCUT2D eigenvalue weighted by Crippen LogP contribution is -2.06. The summed E-state index contributed by atoms with van der Waals surface area (Å²) in [5.41, 5.74) is 10.9. The van der Waals surface area contributed by atoms with Gasteiger partial charge in [0.2, 0.25) is 0 Å². The fraction of sp³-hybridized carbons (Fsp3) is 0.273. The third-order valence-electron chi connectivity index (χ3n) is 4.40. The number of nitrogens with zero attached hydrogens (tertiary/aromatic N) is 2. The van der Waals surface area contributed by atoms with Crippen molar-refractivity contribution in [3.8, 4) is 5.75 Å². The van der Waals surface area contributed by atoms with Gasteiger partial charge in [0.15, 0.2) is 11.6 Å². The molecule has 0 aliphatic heterocycles. The first-order chi connectivity index (χ1) is 13.6. The Morgan fingerprint density at radius 1 is 0.964 bits per heavy atom. The molecular formula is C22H27N5O. The Morgan fingerprint density at radius 3 is 2.36 bits per heavy atom. The quantitative estimate of drug-likeness (QED) is 0.459. The first-order valence-electron chi connectivity index (χ1n) is 9.51. The maximum absolute atomic E-state index is 6.30. The number of rotatable bonds is 8. The lowest BCUT2D eigenvalue weighted by atomic mass is 10.1. The maximum atomic E-state index is 6.30. The van der Waals surface area contributed by atoms with E-state index in [0.29, 0.717) is 17.3 Å². The average molecular weight is 377 g/mol. The van der Waals surface area contributed by atoms with Crippen molar-refractivity contribution in [2.45, 2.75) is 33.6 Å². The van der Waals surface area contributed by atoms with Crippen molar-refractivity contribution in [2.75, 3.05) is 23.0 Å². The highest BCUT2D eigenvalue weighted by Gasteiger charge is 2.10. The van der Waals surface area contributed by atoms with Gasteiger partial charge in [-0.1, -0.05) is 31.0 Å². The second kappa shape index (κ2) is 9.08. The lowest BCUT2D eigenvalue weighted by molar-refractivity contribution is 0.309. The Hall–Kier alpha value is -3.28. The predicted molar refractivity (Wildman–Crippen MR) is 116 cm³/mol. The molecule has 28 heavy (non-hydrogen) atoms. The van der Waals surface area contributed by atoms with E-state index in [9.17, 15) is 0 Å². The number of aromatic nitrogens is 2. The summed E-state index contributed by atoms with van der Waals surface area (Å²) < 4.78 is 5.69. The van der Waals surface area contributed by atoms with Crippen molar-refractivity contribution in [1.82, 2.24) is 9.97 Å². The van der Waals surface area contributed by atoms with Gasteiger partial charge >= 0.3 is 0 Å². The first-order valence-corrected chi connectivity index (χ1v) is 9.51. The van der Waals surface area contributed by atoms with Crippen molar-refractivity contribution >= 4 is 28.7 Å². The molecule has 0 radical (unpaired) electrons. The van der Waals surface area contributed by atoms with Crippen LogP contribution in [-0.4, -0.2) is 16.6 Å². The van der Waals surface area contributed by atoms with Crippen molar-refractivity contribution in [3.05, 3.63) is 59.9 Å². The van der Waals surface area contributed by atoms with Crippen molar-refractivity contribution < 1.29 is 4.74 Å². The number of hydrogen-bond donors (Lipinski definition) is 3. The first kappa shape index (κ1) is 19.5. The molecule has 1 heterocycles. The fourth-order valence-electron chi connectivity index (χ4n) is 2.78. The van der Waals surface area contributed by atoms with Crippen LogP contribution < -0.4 is 21.1 Å². The van der Waals surface area contributed by atoms with E-state index in [1.165, 1.54) is 11.9 Å². The van der Waals surface area contributed by atoms with Crippen LogP contribution >= 0.6 is 0 Å². The molecule has 4 N–H and O–H groups in total. The molecule has 2 aromatic carbocycles. The third-order valence-corrected chi connectivity index (χ3v) is 4.40. The van der Waals surface area contributed by atoms with Crippen LogP contribution in [0.15, 0.2) is 48.8 Å². The second-order valence-electron chi connectivity index (χ2n) is 6.78. The van der Waals surface area contributed by atoms with E-state index in [-0.39, 0.29) is 0 Å². The average Bonchev–Trinajstić information content (AvgIpc) is 2.68. The summed E-state index contributed by atoms with van der Waals surface area (Å²) in [4.78, 5) is 8.57. The molecule has 0 bridgehead atoms. The molecule has 3 aromatic rings. The van der Waals surface area contributed by atoms with Crippen LogP contribution in [0.3, 0.4) is 0 Å². The van der Waals surface area contributed by atoms with E-state index < -0.39 is 0 Å². The van der Waals surface area contributed by atoms with Gasteiger partial charge in [-0.2, -0.15) is 0 Å². The topological polar surface area (TPSA) is 85.1 Å². The highest BCUT2D eigenvalue weighted by Crippen LogP contribution is 2.29. The Labute approximate surface area is 166 Å². The van der Waals surface area contributed by atoms with Gasteiger partial charge in [-0.25, -0.2) is 9.97 Å². The molecule has 0 unspecified atom stereocenters. The van der Waals surface area contributed by atoms with Gasteiger partial charge in [0.1, 0.15) is 17.8 Å². The Bertz CT molecular complexity index is 925. The highest BCUT2D eigenvalue weighted by molar-refractivity contribution is 5.80. The van der Waals surface area contributed by atoms with E-state index in [0.717, 1.165) is 42.1 Å². The summed E-state index contributed by atoms with van der Waals surface area (Å²) in [5.74, 6) is 1.98. The minimum atomic E-state index is 0.464. The molecule has 0 atom stereocenters. The second-order valence-corrected chi connectivity index (χ2v) is 6.78. The number of nitrogen functional groups attached to an aromatic ring is 1. The molecule has 0 fully saturated rings. The number of aryl methyl sites for hydroxylation is 2. The smallest absolute Gasteiger partial charge is 0.159 e. The minimum Gasteiger partial charge on any atom is -0.494 e. The van der Waals surface area contributed by atoms with Gasteiger partial charge in [-0.05, 0) is 56.2 Å². The normalized spacial score (nSPS) is 10.5. The van der Waals surface area contributed by atoms with Crippen LogP contribution in [0.25, 0.3) is 0 Å². The summed E-state index contributed by atoms with van der Waals surface area (Å²) in [5, 5.41) is 6.54. The summed E-state index contributed by atoms with van der Waals surface area (Å²) in [7, 11) is 0. The van der Waals surface area contributed by atoms with Crippen molar-refractivity contribution in [1.29, 1.82) is 0 Å². The maximum Gasteiger partial charge on any atom is 0.159 e. The van der Waals surface area contributed by atoms with Crippen LogP contribution in [0, 0.1) is 13.8 Å². The van der Waals surface area contributed by atoms with Crippen molar-refractivity contribution in [3.63, 3.8) is 0 Å². The van der Waals surface area contributed by atoms with Gasteiger partial charge < -0.3 is 21.1 Å². The van der Waals surface area contributed by atoms with Crippen molar-refractivity contribution in [2.24, 2.45) is 0 Å². The molecule has 3 rings (SSSR count). The number of benzene rings is 2. The summed E-state index contributed by atoms with van der Waals surface area (Å²) in [6.07, 6.45) is 3.66. The van der Waals surface area contributed by atoms with Gasteiger partial charge in [0.25, 0.3) is 0 Å². The van der Waals surface area contributed by atoms with E-state index >= 15 is 0 Å². The number of hydrogen-bond acceptors (Lipinski definition) is 6. The largest absolute Gasteiger partial charge is 0.494 e. The molecule has 0 aliphatic rings. The number of ether oxygens (including phenoxy) is 1. The van der Waals surface area contributed by atoms with E-state index in [2.05, 4.69) is 53.5 Å². The predicted octanol–water partition coefficient (Wildman–Crippen LogP) is 5.34. The van der Waals surface area contributed by atoms with Gasteiger partial charge in [0, 0.05) is 11.4 Å². The zero-order chi connectivity index (χ0) is 19.9. The molecule has 0 amide bonds. The molecular weight excluding hydrogens is 350 g/mol. The number of nitrogens with one attached hydrogen (secondary N) is 2. The zero-order valence-electron chi connectivity index (χ0n) is 16.6. The summed E-state index contributed by atoms with van der Waals surface area (Å²) in [6.45, 7) is 7.00. The zero-order valence-corrected chi connectivity index (χ0v) is 16.6. The van der Waals surface area contributed by atoms with Gasteiger partial charge in [-0.15, -0.1) is 0 Å². The molecule has 0 saturated heterocycles. The van der Waals surface area contributed by atoms with Crippen LogP contribution in [0.2, 0.25) is 0 Å². The Morgan fingerprint density at radius 2 is 1.68 bits per heavy atom. The number of nitrogens with two attached hydrogens (primary N) is 1. The van der Waals surface area contributed by atoms with E-state index in [4.69, 9.17) is 10.5 Å². The number of unbranched alkanes of at least 4 members (excludes halogenated alkanes) is 1. The van der Waals surface area contributed by atoms with E-state index in [1.54, 1.807) is 0 Å². The Kier molecular flexibility index (Phi) is 6.32. The number of anilines is 5. The molecule has 6 heteroatoms. The van der Waals surface area contributed by atoms with Gasteiger partial charge in [-0.3, -0.25) is 0 Å². The fourth-order valence-corrected chi connectivity index (χ4v) is 2.78. The highest BCUT2D eigenvalue weighted by atomic mass is 16.5. The molecule has 146 valence electrons. The Balaban J connectivity index is 1.72.